The van der Waals surface area contributed by atoms with Gasteiger partial charge in [0.05, 0.1) is 18.6 Å². The average molecular weight is 341 g/mol. The SMILES string of the molecule is CCOC(=O)Cc1cccc(NC(=O)C2(N)CCCCC2)c1.Cl. The maximum absolute atomic E-state index is 12.4. The first-order chi connectivity index (χ1) is 10.5. The monoisotopic (exact) mass is 340 g/mol. The van der Waals surface area contributed by atoms with Gasteiger partial charge in [-0.05, 0) is 37.5 Å². The Morgan fingerprint density at radius 3 is 2.61 bits per heavy atom. The molecule has 0 saturated heterocycles. The van der Waals surface area contributed by atoms with Gasteiger partial charge in [-0.25, -0.2) is 0 Å². The number of nitrogens with one attached hydrogen (secondary N) is 1. The van der Waals surface area contributed by atoms with Crippen molar-refractivity contribution in [2.24, 2.45) is 5.73 Å². The van der Waals surface area contributed by atoms with Crippen molar-refractivity contribution in [3.8, 4) is 0 Å². The first-order valence-electron chi connectivity index (χ1n) is 7.88. The molecule has 0 atom stereocenters. The summed E-state index contributed by atoms with van der Waals surface area (Å²) in [6.45, 7) is 2.14. The number of halogens is 1. The van der Waals surface area contributed by atoms with E-state index in [-0.39, 0.29) is 30.7 Å². The number of nitrogens with two attached hydrogens (primary N) is 1. The minimum absolute atomic E-state index is 0. The van der Waals surface area contributed by atoms with Gasteiger partial charge in [-0.2, -0.15) is 0 Å². The van der Waals surface area contributed by atoms with E-state index in [1.165, 1.54) is 0 Å². The molecule has 0 bridgehead atoms. The molecule has 0 unspecified atom stereocenters. The summed E-state index contributed by atoms with van der Waals surface area (Å²) < 4.78 is 4.93. The van der Waals surface area contributed by atoms with E-state index in [0.29, 0.717) is 12.3 Å². The number of ether oxygens (including phenoxy) is 1. The average Bonchev–Trinajstić information content (AvgIpc) is 2.48. The molecule has 1 aliphatic carbocycles. The van der Waals surface area contributed by atoms with Crippen LogP contribution in [0.25, 0.3) is 0 Å². The predicted octanol–water partition coefficient (Wildman–Crippen LogP) is 2.81. The molecule has 0 aliphatic heterocycles. The summed E-state index contributed by atoms with van der Waals surface area (Å²) in [6.07, 6.45) is 4.77. The largest absolute Gasteiger partial charge is 0.466 e. The van der Waals surface area contributed by atoms with Crippen molar-refractivity contribution in [2.45, 2.75) is 51.0 Å². The Bertz CT molecular complexity index is 542. The van der Waals surface area contributed by atoms with Gasteiger partial charge in [-0.3, -0.25) is 9.59 Å². The van der Waals surface area contributed by atoms with Crippen LogP contribution in [0.15, 0.2) is 24.3 Å². The second-order valence-electron chi connectivity index (χ2n) is 5.85. The van der Waals surface area contributed by atoms with Crippen molar-refractivity contribution in [1.82, 2.24) is 0 Å². The number of anilines is 1. The molecule has 1 fully saturated rings. The van der Waals surface area contributed by atoms with Crippen LogP contribution in [0.5, 0.6) is 0 Å². The van der Waals surface area contributed by atoms with Crippen LogP contribution in [-0.2, 0) is 20.7 Å². The third-order valence-corrected chi connectivity index (χ3v) is 4.04. The first-order valence-corrected chi connectivity index (χ1v) is 7.88. The Morgan fingerprint density at radius 1 is 1.26 bits per heavy atom. The molecule has 3 N–H and O–H groups in total. The standard InChI is InChI=1S/C17H24N2O3.ClH/c1-2-22-15(20)12-13-7-6-8-14(11-13)19-16(21)17(18)9-4-3-5-10-17;/h6-8,11H,2-5,9-10,12,18H2,1H3,(H,19,21);1H. The number of carbonyl (C=O) groups excluding carboxylic acids is 2. The lowest BCUT2D eigenvalue weighted by molar-refractivity contribution is -0.142. The van der Waals surface area contributed by atoms with Crippen molar-refractivity contribution < 1.29 is 14.3 Å². The highest BCUT2D eigenvalue weighted by Gasteiger charge is 2.35. The third kappa shape index (κ3) is 5.52. The highest BCUT2D eigenvalue weighted by atomic mass is 35.5. The molecule has 6 heteroatoms. The summed E-state index contributed by atoms with van der Waals surface area (Å²) in [4.78, 5) is 23.9. The third-order valence-electron chi connectivity index (χ3n) is 4.04. The molecule has 0 radical (unpaired) electrons. The van der Waals surface area contributed by atoms with Crippen molar-refractivity contribution in [3.05, 3.63) is 29.8 Å². The number of amides is 1. The first kappa shape index (κ1) is 19.5. The number of hydrogen-bond acceptors (Lipinski definition) is 4. The Balaban J connectivity index is 0.00000264. The van der Waals surface area contributed by atoms with Gasteiger partial charge in [-0.15, -0.1) is 12.4 Å². The van der Waals surface area contributed by atoms with E-state index >= 15 is 0 Å². The lowest BCUT2D eigenvalue weighted by Gasteiger charge is -2.31. The van der Waals surface area contributed by atoms with Crippen LogP contribution >= 0.6 is 12.4 Å². The summed E-state index contributed by atoms with van der Waals surface area (Å²) in [5, 5.41) is 2.88. The summed E-state index contributed by atoms with van der Waals surface area (Å²) in [6, 6.07) is 7.25. The minimum Gasteiger partial charge on any atom is -0.466 e. The topological polar surface area (TPSA) is 81.4 Å². The Labute approximate surface area is 143 Å². The molecule has 0 aromatic heterocycles. The highest BCUT2D eigenvalue weighted by Crippen LogP contribution is 2.27. The summed E-state index contributed by atoms with van der Waals surface area (Å²) in [7, 11) is 0. The van der Waals surface area contributed by atoms with Crippen LogP contribution in [0.1, 0.15) is 44.6 Å². The van der Waals surface area contributed by atoms with Gasteiger partial charge in [0, 0.05) is 5.69 Å². The molecule has 2 rings (SSSR count). The van der Waals surface area contributed by atoms with Gasteiger partial charge in [-0.1, -0.05) is 31.4 Å². The van der Waals surface area contributed by atoms with Crippen LogP contribution in [0.4, 0.5) is 5.69 Å². The van der Waals surface area contributed by atoms with E-state index < -0.39 is 5.54 Å². The van der Waals surface area contributed by atoms with Crippen molar-refractivity contribution >= 4 is 30.0 Å². The zero-order valence-corrected chi connectivity index (χ0v) is 14.3. The number of hydrogen-bond donors (Lipinski definition) is 2. The van der Waals surface area contributed by atoms with Crippen LogP contribution in [-0.4, -0.2) is 24.0 Å². The molecule has 0 heterocycles. The van der Waals surface area contributed by atoms with E-state index in [9.17, 15) is 9.59 Å². The maximum atomic E-state index is 12.4. The number of esters is 1. The second kappa shape index (κ2) is 8.89. The highest BCUT2D eigenvalue weighted by molar-refractivity contribution is 5.98. The van der Waals surface area contributed by atoms with E-state index in [4.69, 9.17) is 10.5 Å². The summed E-state index contributed by atoms with van der Waals surface area (Å²) in [5.74, 6) is -0.408. The molecule has 1 aromatic rings. The predicted molar refractivity (Wildman–Crippen MR) is 92.7 cm³/mol. The number of rotatable bonds is 5. The van der Waals surface area contributed by atoms with E-state index in [2.05, 4.69) is 5.32 Å². The molecule has 5 nitrogen and oxygen atoms in total. The number of benzene rings is 1. The van der Waals surface area contributed by atoms with E-state index in [1.807, 2.05) is 12.1 Å². The van der Waals surface area contributed by atoms with Crippen LogP contribution < -0.4 is 11.1 Å². The zero-order chi connectivity index (χ0) is 16.0. The molecule has 1 saturated carbocycles. The van der Waals surface area contributed by atoms with E-state index in [1.54, 1.807) is 19.1 Å². The van der Waals surface area contributed by atoms with Crippen molar-refractivity contribution in [3.63, 3.8) is 0 Å². The van der Waals surface area contributed by atoms with Gasteiger partial charge in [0.15, 0.2) is 0 Å². The summed E-state index contributed by atoms with van der Waals surface area (Å²) >= 11 is 0. The molecule has 128 valence electrons. The van der Waals surface area contributed by atoms with Gasteiger partial charge < -0.3 is 15.8 Å². The van der Waals surface area contributed by atoms with Crippen LogP contribution in [0.3, 0.4) is 0 Å². The molecule has 1 aliphatic rings. The van der Waals surface area contributed by atoms with Gasteiger partial charge >= 0.3 is 5.97 Å². The smallest absolute Gasteiger partial charge is 0.310 e. The molecule has 23 heavy (non-hydrogen) atoms. The summed E-state index contributed by atoms with van der Waals surface area (Å²) in [5.41, 5.74) is 6.93. The quantitative estimate of drug-likeness (QED) is 0.807. The fraction of sp³-hybridized carbons (Fsp3) is 0.529. The fourth-order valence-corrected chi connectivity index (χ4v) is 2.80. The molecule has 1 amide bonds. The van der Waals surface area contributed by atoms with Crippen molar-refractivity contribution in [2.75, 3.05) is 11.9 Å². The fourth-order valence-electron chi connectivity index (χ4n) is 2.80. The number of carbonyl (C=O) groups is 2. The molecular weight excluding hydrogens is 316 g/mol. The van der Waals surface area contributed by atoms with Gasteiger partial charge in [0.25, 0.3) is 0 Å². The van der Waals surface area contributed by atoms with Gasteiger partial charge in [0.1, 0.15) is 0 Å². The normalized spacial score (nSPS) is 16.1. The van der Waals surface area contributed by atoms with Crippen LogP contribution in [0, 0.1) is 0 Å². The van der Waals surface area contributed by atoms with E-state index in [0.717, 1.165) is 37.7 Å². The van der Waals surface area contributed by atoms with Crippen LogP contribution in [0.2, 0.25) is 0 Å². The Kier molecular flexibility index (Phi) is 7.52. The lowest BCUT2D eigenvalue weighted by atomic mass is 9.82. The lowest BCUT2D eigenvalue weighted by Crippen LogP contribution is -2.52. The Morgan fingerprint density at radius 2 is 1.96 bits per heavy atom. The molecule has 1 aromatic carbocycles. The van der Waals surface area contributed by atoms with Gasteiger partial charge in [0.2, 0.25) is 5.91 Å². The van der Waals surface area contributed by atoms with Crippen molar-refractivity contribution in [1.29, 1.82) is 0 Å². The zero-order valence-electron chi connectivity index (χ0n) is 13.5. The molecule has 0 spiro atoms. The maximum Gasteiger partial charge on any atom is 0.310 e. The minimum atomic E-state index is -0.768. The molecular formula is C17H25ClN2O3. The second-order valence-corrected chi connectivity index (χ2v) is 5.85. The Hall–Kier alpha value is -1.59.